The lowest BCUT2D eigenvalue weighted by molar-refractivity contribution is 0.576. The van der Waals surface area contributed by atoms with Gasteiger partial charge in [0.05, 0.1) is 5.69 Å². The van der Waals surface area contributed by atoms with E-state index in [0.29, 0.717) is 11.6 Å². The Morgan fingerprint density at radius 1 is 1.19 bits per heavy atom. The number of nitrogens with one attached hydrogen (secondary N) is 2. The van der Waals surface area contributed by atoms with Crippen molar-refractivity contribution in [1.29, 1.82) is 0 Å². The van der Waals surface area contributed by atoms with Gasteiger partial charge >= 0.3 is 0 Å². The molecule has 0 saturated heterocycles. The molecular weight excluding hydrogens is 442 g/mol. The highest BCUT2D eigenvalue weighted by atomic mass is 35.5. The van der Waals surface area contributed by atoms with E-state index >= 15 is 0 Å². The van der Waals surface area contributed by atoms with E-state index in [1.807, 2.05) is 55.5 Å². The van der Waals surface area contributed by atoms with Crippen LogP contribution < -0.4 is 4.72 Å². The van der Waals surface area contributed by atoms with Gasteiger partial charge in [0.2, 0.25) is 10.0 Å². The van der Waals surface area contributed by atoms with Crippen LogP contribution in [0.1, 0.15) is 66.2 Å². The molecule has 1 heterocycles. The molecule has 32 heavy (non-hydrogen) atoms. The van der Waals surface area contributed by atoms with E-state index in [1.54, 1.807) is 6.08 Å². The Balaban J connectivity index is 1.51. The fraction of sp³-hybridized carbons (Fsp3) is 0.320. The van der Waals surface area contributed by atoms with E-state index in [9.17, 15) is 8.42 Å². The van der Waals surface area contributed by atoms with E-state index in [-0.39, 0.29) is 6.04 Å². The van der Waals surface area contributed by atoms with Crippen LogP contribution in [0.25, 0.3) is 6.08 Å². The van der Waals surface area contributed by atoms with Gasteiger partial charge in [-0.3, -0.25) is 5.10 Å². The Hall–Kier alpha value is -2.41. The van der Waals surface area contributed by atoms with E-state index in [2.05, 4.69) is 21.0 Å². The fourth-order valence-electron chi connectivity index (χ4n) is 4.37. The van der Waals surface area contributed by atoms with Crippen molar-refractivity contribution < 1.29 is 8.42 Å². The molecule has 2 atom stereocenters. The van der Waals surface area contributed by atoms with Crippen LogP contribution in [0.5, 0.6) is 0 Å². The number of fused-ring (bicyclic) bond motifs is 1. The monoisotopic (exact) mass is 469 g/mol. The summed E-state index contributed by atoms with van der Waals surface area (Å²) >= 11 is 6.17. The third-order valence-electron chi connectivity index (χ3n) is 5.99. The van der Waals surface area contributed by atoms with Gasteiger partial charge < -0.3 is 0 Å². The maximum Gasteiger partial charge on any atom is 0.234 e. The largest absolute Gasteiger partial charge is 0.281 e. The first-order chi connectivity index (χ1) is 15.4. The number of halogens is 1. The number of hydrogen-bond donors (Lipinski definition) is 2. The van der Waals surface area contributed by atoms with Gasteiger partial charge in [-0.05, 0) is 61.9 Å². The molecule has 1 aromatic heterocycles. The molecule has 0 spiro atoms. The zero-order valence-corrected chi connectivity index (χ0v) is 19.7. The molecule has 0 aliphatic heterocycles. The summed E-state index contributed by atoms with van der Waals surface area (Å²) in [5.41, 5.74) is 5.06. The van der Waals surface area contributed by atoms with Gasteiger partial charge in [0.25, 0.3) is 0 Å². The van der Waals surface area contributed by atoms with Crippen LogP contribution in [0.2, 0.25) is 5.02 Å². The molecule has 0 amide bonds. The van der Waals surface area contributed by atoms with E-state index < -0.39 is 10.0 Å². The topological polar surface area (TPSA) is 74.8 Å². The van der Waals surface area contributed by atoms with Gasteiger partial charge in [-0.1, -0.05) is 60.5 Å². The maximum atomic E-state index is 12.6. The van der Waals surface area contributed by atoms with E-state index in [4.69, 9.17) is 11.6 Å². The summed E-state index contributed by atoms with van der Waals surface area (Å²) in [5, 5.41) is 9.63. The smallest absolute Gasteiger partial charge is 0.234 e. The predicted octanol–water partition coefficient (Wildman–Crippen LogP) is 5.77. The number of benzene rings is 2. The standard InChI is InChI=1S/C25H28ClN3O2S/c1-18(20-9-3-2-4-10-20)29-32(30,31)15-14-24-23-13-6-5-11-21(25(23)28-27-24)16-19-8-7-12-22(26)17-19/h2-4,7-10,12,14-15,17-18,21,29H,5-6,11,13,16H2,1H3,(H,27,28)/b15-14+/t18-,21?/m0/s1. The summed E-state index contributed by atoms with van der Waals surface area (Å²) in [5.74, 6) is 0.313. The minimum Gasteiger partial charge on any atom is -0.281 e. The van der Waals surface area contributed by atoms with Crippen molar-refractivity contribution in [1.82, 2.24) is 14.9 Å². The molecule has 4 rings (SSSR count). The lowest BCUT2D eigenvalue weighted by Gasteiger charge is -2.14. The third kappa shape index (κ3) is 5.68. The van der Waals surface area contributed by atoms with Gasteiger partial charge in [-0.15, -0.1) is 0 Å². The molecule has 1 aliphatic rings. The van der Waals surface area contributed by atoms with Crippen molar-refractivity contribution in [2.75, 3.05) is 0 Å². The van der Waals surface area contributed by atoms with Gasteiger partial charge in [0.1, 0.15) is 0 Å². The lowest BCUT2D eigenvalue weighted by atomic mass is 9.91. The highest BCUT2D eigenvalue weighted by Gasteiger charge is 2.24. The number of H-pyrrole nitrogens is 1. The van der Waals surface area contributed by atoms with Gasteiger partial charge in [-0.2, -0.15) is 5.10 Å². The number of aromatic amines is 1. The number of sulfonamides is 1. The molecule has 168 valence electrons. The van der Waals surface area contributed by atoms with E-state index in [0.717, 1.165) is 53.9 Å². The zero-order valence-electron chi connectivity index (χ0n) is 18.1. The predicted molar refractivity (Wildman–Crippen MR) is 130 cm³/mol. The highest BCUT2D eigenvalue weighted by molar-refractivity contribution is 7.92. The van der Waals surface area contributed by atoms with Crippen molar-refractivity contribution in [2.45, 2.75) is 51.0 Å². The average Bonchev–Trinajstić information content (AvgIpc) is 3.07. The first kappa shape index (κ1) is 22.8. The normalized spacial score (nSPS) is 17.8. The van der Waals surface area contributed by atoms with Crippen LogP contribution in [0, 0.1) is 0 Å². The summed E-state index contributed by atoms with van der Waals surface area (Å²) in [7, 11) is -3.61. The Morgan fingerprint density at radius 3 is 2.78 bits per heavy atom. The summed E-state index contributed by atoms with van der Waals surface area (Å²) in [4.78, 5) is 0. The summed E-state index contributed by atoms with van der Waals surface area (Å²) in [6.45, 7) is 1.84. The SMILES string of the molecule is C[C@H](NS(=O)(=O)/C=C/c1n[nH]c2c1CCCCC2Cc1cccc(Cl)c1)c1ccccc1. The summed E-state index contributed by atoms with van der Waals surface area (Å²) < 4.78 is 28.0. The van der Waals surface area contributed by atoms with E-state index in [1.165, 1.54) is 11.0 Å². The molecular formula is C25H28ClN3O2S. The second kappa shape index (κ2) is 10.0. The molecule has 2 aromatic carbocycles. The molecule has 0 bridgehead atoms. The van der Waals surface area contributed by atoms with Crippen LogP contribution in [0.4, 0.5) is 0 Å². The van der Waals surface area contributed by atoms with Crippen LogP contribution in [-0.4, -0.2) is 18.6 Å². The molecule has 0 fully saturated rings. The average molecular weight is 470 g/mol. The van der Waals surface area contributed by atoms with Gasteiger partial charge in [-0.25, -0.2) is 13.1 Å². The lowest BCUT2D eigenvalue weighted by Crippen LogP contribution is -2.24. The van der Waals surface area contributed by atoms with Crippen LogP contribution in [0.15, 0.2) is 60.0 Å². The Kier molecular flexibility index (Phi) is 7.13. The van der Waals surface area contributed by atoms with Crippen molar-refractivity contribution in [2.24, 2.45) is 0 Å². The molecule has 7 heteroatoms. The zero-order chi connectivity index (χ0) is 22.6. The van der Waals surface area contributed by atoms with Gasteiger partial charge in [0.15, 0.2) is 0 Å². The Morgan fingerprint density at radius 2 is 2.00 bits per heavy atom. The fourth-order valence-corrected chi connectivity index (χ4v) is 5.60. The number of nitrogens with zero attached hydrogens (tertiary/aromatic N) is 1. The Bertz CT molecular complexity index is 1190. The maximum absolute atomic E-state index is 12.6. The molecule has 0 radical (unpaired) electrons. The number of aromatic nitrogens is 2. The second-order valence-electron chi connectivity index (χ2n) is 8.38. The third-order valence-corrected chi connectivity index (χ3v) is 7.40. The number of rotatable bonds is 7. The van der Waals surface area contributed by atoms with Crippen LogP contribution in [0.3, 0.4) is 0 Å². The molecule has 5 nitrogen and oxygen atoms in total. The minimum absolute atomic E-state index is 0.313. The summed E-state index contributed by atoms with van der Waals surface area (Å²) in [6, 6.07) is 17.2. The Labute approximate surface area is 195 Å². The minimum atomic E-state index is -3.61. The quantitative estimate of drug-likeness (QED) is 0.431. The molecule has 3 aromatic rings. The number of hydrogen-bond acceptors (Lipinski definition) is 3. The first-order valence-electron chi connectivity index (χ1n) is 11.0. The van der Waals surface area contributed by atoms with Crippen molar-refractivity contribution >= 4 is 27.7 Å². The summed E-state index contributed by atoms with van der Waals surface area (Å²) in [6.07, 6.45) is 6.65. The van der Waals surface area contributed by atoms with Gasteiger partial charge in [0, 0.05) is 33.6 Å². The first-order valence-corrected chi connectivity index (χ1v) is 12.9. The van der Waals surface area contributed by atoms with Crippen LogP contribution in [-0.2, 0) is 22.9 Å². The molecule has 1 aliphatic carbocycles. The van der Waals surface area contributed by atoms with Crippen molar-refractivity contribution in [3.8, 4) is 0 Å². The molecule has 1 unspecified atom stereocenters. The molecule has 0 saturated carbocycles. The van der Waals surface area contributed by atoms with Crippen LogP contribution >= 0.6 is 11.6 Å². The van der Waals surface area contributed by atoms with Crippen molar-refractivity contribution in [3.05, 3.63) is 93.1 Å². The van der Waals surface area contributed by atoms with Crippen molar-refractivity contribution in [3.63, 3.8) is 0 Å². The second-order valence-corrected chi connectivity index (χ2v) is 10.4. The molecule has 2 N–H and O–H groups in total. The highest BCUT2D eigenvalue weighted by Crippen LogP contribution is 2.34.